The Morgan fingerprint density at radius 1 is 1.42 bits per heavy atom. The van der Waals surface area contributed by atoms with E-state index in [1.807, 2.05) is 0 Å². The van der Waals surface area contributed by atoms with E-state index in [1.54, 1.807) is 11.7 Å². The van der Waals surface area contributed by atoms with Crippen LogP contribution in [0.5, 0.6) is 0 Å². The lowest BCUT2D eigenvalue weighted by atomic mass is 10.1. The van der Waals surface area contributed by atoms with Gasteiger partial charge >= 0.3 is 0 Å². The van der Waals surface area contributed by atoms with Crippen molar-refractivity contribution in [1.29, 1.82) is 0 Å². The highest BCUT2D eigenvalue weighted by Gasteiger charge is 2.64. The van der Waals surface area contributed by atoms with Crippen molar-refractivity contribution in [2.45, 2.75) is 38.4 Å². The van der Waals surface area contributed by atoms with Gasteiger partial charge in [0.1, 0.15) is 4.88 Å². The minimum atomic E-state index is 0.216. The van der Waals surface area contributed by atoms with Crippen LogP contribution in [-0.2, 0) is 0 Å². The number of piperidine rings is 1. The molecule has 4 nitrogen and oxygen atoms in total. The van der Waals surface area contributed by atoms with Gasteiger partial charge in [-0.3, -0.25) is 14.7 Å². The average Bonchev–Trinajstić information content (AvgIpc) is 2.74. The van der Waals surface area contributed by atoms with E-state index in [1.165, 1.54) is 24.3 Å². The summed E-state index contributed by atoms with van der Waals surface area (Å²) in [6.07, 6.45) is 2.93. The molecular weight excluding hydrogens is 258 g/mol. The highest BCUT2D eigenvalue weighted by Crippen LogP contribution is 2.56. The van der Waals surface area contributed by atoms with E-state index < -0.39 is 0 Å². The Labute approximate surface area is 117 Å². The van der Waals surface area contributed by atoms with E-state index in [0.717, 1.165) is 23.3 Å². The summed E-state index contributed by atoms with van der Waals surface area (Å²) in [6.45, 7) is 6.74. The molecule has 0 N–H and O–H groups in total. The number of carbonyl (C=O) groups is 1. The predicted molar refractivity (Wildman–Crippen MR) is 74.2 cm³/mol. The molecular formula is C14H19N3OS. The zero-order valence-corrected chi connectivity index (χ0v) is 12.1. The quantitative estimate of drug-likeness (QED) is 0.825. The van der Waals surface area contributed by atoms with Crippen LogP contribution >= 0.6 is 11.3 Å². The number of amides is 1. The zero-order chi connectivity index (χ0) is 13.1. The maximum Gasteiger partial charge on any atom is 0.266 e. The van der Waals surface area contributed by atoms with Gasteiger partial charge in [-0.15, -0.1) is 11.3 Å². The molecule has 4 aliphatic rings. The fraction of sp³-hybridized carbons (Fsp3) is 0.714. The summed E-state index contributed by atoms with van der Waals surface area (Å²) in [5, 5.41) is 0. The summed E-state index contributed by atoms with van der Waals surface area (Å²) in [5.41, 5.74) is 1.75. The van der Waals surface area contributed by atoms with Gasteiger partial charge in [0, 0.05) is 31.2 Å². The third kappa shape index (κ3) is 1.68. The number of carbonyl (C=O) groups excluding carboxylic acids is 1. The van der Waals surface area contributed by atoms with Gasteiger partial charge in [-0.2, -0.15) is 0 Å². The third-order valence-corrected chi connectivity index (χ3v) is 5.80. The highest BCUT2D eigenvalue weighted by atomic mass is 32.1. The summed E-state index contributed by atoms with van der Waals surface area (Å²) in [7, 11) is 0. The number of hydrogen-bond acceptors (Lipinski definition) is 4. The van der Waals surface area contributed by atoms with Crippen molar-refractivity contribution < 1.29 is 4.79 Å². The minimum Gasteiger partial charge on any atom is -0.330 e. The second kappa shape index (κ2) is 4.03. The molecule has 4 atom stereocenters. The standard InChI is InChI=1S/C14H19N3OS/c1-8(2)16-5-9-3-10-11(6-16)13(10)17(9)14(18)12-4-15-7-19-12/h4,7-11,13H,3,5-6H2,1-2H3. The molecule has 5 heteroatoms. The van der Waals surface area contributed by atoms with E-state index in [0.29, 0.717) is 18.1 Å². The molecule has 102 valence electrons. The lowest BCUT2D eigenvalue weighted by Gasteiger charge is -2.30. The molecule has 0 aromatic carbocycles. The highest BCUT2D eigenvalue weighted by molar-refractivity contribution is 7.11. The van der Waals surface area contributed by atoms with Gasteiger partial charge in [-0.25, -0.2) is 0 Å². The van der Waals surface area contributed by atoms with Gasteiger partial charge in [0.15, 0.2) is 0 Å². The van der Waals surface area contributed by atoms with Crippen molar-refractivity contribution >= 4 is 17.2 Å². The summed E-state index contributed by atoms with van der Waals surface area (Å²) < 4.78 is 0. The molecule has 1 aromatic heterocycles. The smallest absolute Gasteiger partial charge is 0.266 e. The van der Waals surface area contributed by atoms with Crippen LogP contribution in [0.4, 0.5) is 0 Å². The average molecular weight is 277 g/mol. The first kappa shape index (κ1) is 11.9. The Hall–Kier alpha value is -0.940. The Morgan fingerprint density at radius 2 is 2.26 bits per heavy atom. The molecule has 0 radical (unpaired) electrons. The van der Waals surface area contributed by atoms with E-state index in [9.17, 15) is 4.79 Å². The zero-order valence-electron chi connectivity index (χ0n) is 11.3. The summed E-state index contributed by atoms with van der Waals surface area (Å²) >= 11 is 1.46. The summed E-state index contributed by atoms with van der Waals surface area (Å²) in [4.78, 5) is 22.2. The molecule has 3 aliphatic heterocycles. The normalized spacial score (nSPS) is 36.7. The second-order valence-corrected chi connectivity index (χ2v) is 7.22. The largest absolute Gasteiger partial charge is 0.330 e. The lowest BCUT2D eigenvalue weighted by Crippen LogP contribution is -2.43. The first-order valence-electron chi connectivity index (χ1n) is 7.12. The van der Waals surface area contributed by atoms with Crippen LogP contribution in [-0.4, -0.2) is 51.9 Å². The van der Waals surface area contributed by atoms with Gasteiger partial charge in [-0.05, 0) is 32.1 Å². The van der Waals surface area contributed by atoms with E-state index in [2.05, 4.69) is 28.6 Å². The Balaban J connectivity index is 1.61. The molecule has 1 aliphatic carbocycles. The number of fused-ring (bicyclic) bond motifs is 2. The van der Waals surface area contributed by atoms with Crippen LogP contribution in [0.1, 0.15) is 29.9 Å². The van der Waals surface area contributed by atoms with Gasteiger partial charge in [0.2, 0.25) is 0 Å². The number of aromatic nitrogens is 1. The van der Waals surface area contributed by atoms with Crippen molar-refractivity contribution in [2.24, 2.45) is 11.8 Å². The Bertz CT molecular complexity index is 501. The van der Waals surface area contributed by atoms with Gasteiger partial charge < -0.3 is 4.90 Å². The van der Waals surface area contributed by atoms with Crippen LogP contribution in [0.3, 0.4) is 0 Å². The molecule has 3 saturated heterocycles. The Morgan fingerprint density at radius 3 is 2.95 bits per heavy atom. The molecule has 19 heavy (non-hydrogen) atoms. The van der Waals surface area contributed by atoms with Crippen molar-refractivity contribution in [3.8, 4) is 0 Å². The number of thiazole rings is 1. The molecule has 4 heterocycles. The van der Waals surface area contributed by atoms with Crippen LogP contribution < -0.4 is 0 Å². The van der Waals surface area contributed by atoms with Crippen LogP contribution in [0.15, 0.2) is 11.7 Å². The van der Waals surface area contributed by atoms with Crippen molar-refractivity contribution in [3.63, 3.8) is 0 Å². The molecule has 1 aromatic rings. The summed E-state index contributed by atoms with van der Waals surface area (Å²) in [6, 6.07) is 1.52. The molecule has 1 amide bonds. The number of rotatable bonds is 2. The van der Waals surface area contributed by atoms with E-state index in [-0.39, 0.29) is 5.91 Å². The van der Waals surface area contributed by atoms with E-state index in [4.69, 9.17) is 0 Å². The SMILES string of the molecule is CC(C)N1CC2C3CC(C1)N(C(=O)c1cncs1)C32. The van der Waals surface area contributed by atoms with Gasteiger partial charge in [0.25, 0.3) is 5.91 Å². The first-order valence-corrected chi connectivity index (χ1v) is 8.00. The molecule has 5 rings (SSSR count). The van der Waals surface area contributed by atoms with Gasteiger partial charge in [-0.1, -0.05) is 0 Å². The number of hydrogen-bond donors (Lipinski definition) is 0. The van der Waals surface area contributed by atoms with Crippen molar-refractivity contribution in [2.75, 3.05) is 13.1 Å². The third-order valence-electron chi connectivity index (χ3n) is 5.04. The van der Waals surface area contributed by atoms with Crippen molar-refractivity contribution in [1.82, 2.24) is 14.8 Å². The topological polar surface area (TPSA) is 36.4 Å². The number of nitrogens with zero attached hydrogens (tertiary/aromatic N) is 3. The molecule has 4 unspecified atom stereocenters. The fourth-order valence-corrected chi connectivity index (χ4v) is 4.58. The second-order valence-electron chi connectivity index (χ2n) is 6.33. The van der Waals surface area contributed by atoms with Gasteiger partial charge in [0.05, 0.1) is 11.7 Å². The molecule has 1 saturated carbocycles. The van der Waals surface area contributed by atoms with Crippen LogP contribution in [0, 0.1) is 11.8 Å². The summed E-state index contributed by atoms with van der Waals surface area (Å²) in [5.74, 6) is 1.71. The minimum absolute atomic E-state index is 0.216. The van der Waals surface area contributed by atoms with Crippen LogP contribution in [0.25, 0.3) is 0 Å². The monoisotopic (exact) mass is 277 g/mol. The van der Waals surface area contributed by atoms with Crippen LogP contribution in [0.2, 0.25) is 0 Å². The lowest BCUT2D eigenvalue weighted by molar-refractivity contribution is 0.0686. The van der Waals surface area contributed by atoms with E-state index >= 15 is 0 Å². The molecule has 4 bridgehead atoms. The predicted octanol–water partition coefficient (Wildman–Crippen LogP) is 1.70. The van der Waals surface area contributed by atoms with Crippen molar-refractivity contribution in [3.05, 3.63) is 16.6 Å². The molecule has 0 spiro atoms. The fourth-order valence-electron chi connectivity index (χ4n) is 4.02. The molecule has 4 fully saturated rings. The Kier molecular flexibility index (Phi) is 2.51. The maximum atomic E-state index is 12.6. The first-order chi connectivity index (χ1) is 9.16. The maximum absolute atomic E-state index is 12.6.